The zero-order chi connectivity index (χ0) is 15.9. The van der Waals surface area contributed by atoms with Crippen LogP contribution in [-0.2, 0) is 0 Å². The van der Waals surface area contributed by atoms with Crippen LogP contribution in [0.3, 0.4) is 0 Å². The summed E-state index contributed by atoms with van der Waals surface area (Å²) in [4.78, 5) is 14.2. The number of carbonyl (C=O) groups is 1. The Labute approximate surface area is 130 Å². The van der Waals surface area contributed by atoms with Crippen molar-refractivity contribution in [2.24, 2.45) is 0 Å². The summed E-state index contributed by atoms with van der Waals surface area (Å²) in [6.07, 6.45) is 2.30. The molecule has 4 heteroatoms. The van der Waals surface area contributed by atoms with Crippen LogP contribution in [0.4, 0.5) is 15.8 Å². The van der Waals surface area contributed by atoms with Crippen molar-refractivity contribution in [1.82, 2.24) is 0 Å². The molecule has 0 aliphatic heterocycles. The van der Waals surface area contributed by atoms with Crippen molar-refractivity contribution in [3.05, 3.63) is 59.9 Å². The van der Waals surface area contributed by atoms with Gasteiger partial charge in [-0.1, -0.05) is 25.5 Å². The monoisotopic (exact) mass is 300 g/mol. The lowest BCUT2D eigenvalue weighted by molar-refractivity contribution is 0.102. The lowest BCUT2D eigenvalue weighted by Crippen LogP contribution is -2.18. The van der Waals surface area contributed by atoms with Gasteiger partial charge >= 0.3 is 0 Å². The molecule has 0 atom stereocenters. The Balaban J connectivity index is 2.02. The number of halogens is 1. The van der Waals surface area contributed by atoms with Crippen molar-refractivity contribution in [2.75, 3.05) is 23.8 Å². The fourth-order valence-corrected chi connectivity index (χ4v) is 2.17. The predicted molar refractivity (Wildman–Crippen MR) is 89.0 cm³/mol. The van der Waals surface area contributed by atoms with E-state index >= 15 is 0 Å². The quantitative estimate of drug-likeness (QED) is 0.862. The third-order valence-electron chi connectivity index (χ3n) is 3.53. The first-order valence-corrected chi connectivity index (χ1v) is 7.49. The lowest BCUT2D eigenvalue weighted by atomic mass is 10.2. The zero-order valence-electron chi connectivity index (χ0n) is 13.0. The molecule has 0 aliphatic rings. The average Bonchev–Trinajstić information content (AvgIpc) is 2.53. The van der Waals surface area contributed by atoms with Gasteiger partial charge in [0.2, 0.25) is 0 Å². The Morgan fingerprint density at radius 2 is 1.82 bits per heavy atom. The van der Waals surface area contributed by atoms with E-state index in [9.17, 15) is 9.18 Å². The Kier molecular flexibility index (Phi) is 5.53. The molecule has 0 saturated heterocycles. The van der Waals surface area contributed by atoms with E-state index in [2.05, 4.69) is 17.1 Å². The molecule has 0 bridgehead atoms. The fraction of sp³-hybridized carbons (Fsp3) is 0.278. The summed E-state index contributed by atoms with van der Waals surface area (Å²) >= 11 is 0. The van der Waals surface area contributed by atoms with Gasteiger partial charge in [-0.2, -0.15) is 0 Å². The van der Waals surface area contributed by atoms with Crippen molar-refractivity contribution in [1.29, 1.82) is 0 Å². The molecule has 1 N–H and O–H groups in total. The van der Waals surface area contributed by atoms with Crippen LogP contribution < -0.4 is 10.2 Å². The van der Waals surface area contributed by atoms with Crippen LogP contribution in [0, 0.1) is 5.82 Å². The Morgan fingerprint density at radius 1 is 1.14 bits per heavy atom. The minimum absolute atomic E-state index is 0.0478. The van der Waals surface area contributed by atoms with Gasteiger partial charge in [-0.05, 0) is 42.8 Å². The molecule has 22 heavy (non-hydrogen) atoms. The van der Waals surface area contributed by atoms with Gasteiger partial charge in [0.05, 0.1) is 5.56 Å². The smallest absolute Gasteiger partial charge is 0.258 e. The first kappa shape index (κ1) is 16.0. The van der Waals surface area contributed by atoms with Crippen LogP contribution in [0.1, 0.15) is 30.1 Å². The SMILES string of the molecule is CCCCN(C)c1ccc(NC(=O)c2ccccc2F)cc1. The Morgan fingerprint density at radius 3 is 2.45 bits per heavy atom. The number of amides is 1. The highest BCUT2D eigenvalue weighted by atomic mass is 19.1. The number of hydrogen-bond donors (Lipinski definition) is 1. The number of unbranched alkanes of at least 4 members (excludes halogenated alkanes) is 1. The first-order chi connectivity index (χ1) is 10.6. The van der Waals surface area contributed by atoms with Gasteiger partial charge in [-0.15, -0.1) is 0 Å². The topological polar surface area (TPSA) is 32.3 Å². The molecule has 2 rings (SSSR count). The predicted octanol–water partition coefficient (Wildman–Crippen LogP) is 4.31. The number of rotatable bonds is 6. The van der Waals surface area contributed by atoms with Gasteiger partial charge in [0, 0.05) is 25.0 Å². The van der Waals surface area contributed by atoms with E-state index in [1.54, 1.807) is 12.1 Å². The van der Waals surface area contributed by atoms with Gasteiger partial charge in [0.15, 0.2) is 0 Å². The summed E-state index contributed by atoms with van der Waals surface area (Å²) in [5.74, 6) is -0.957. The molecule has 0 aliphatic carbocycles. The molecule has 0 unspecified atom stereocenters. The molecular weight excluding hydrogens is 279 g/mol. The van der Waals surface area contributed by atoms with E-state index in [4.69, 9.17) is 0 Å². The highest BCUT2D eigenvalue weighted by Gasteiger charge is 2.11. The van der Waals surface area contributed by atoms with Crippen LogP contribution in [-0.4, -0.2) is 19.5 Å². The van der Waals surface area contributed by atoms with Crippen LogP contribution in [0.2, 0.25) is 0 Å². The molecule has 0 radical (unpaired) electrons. The van der Waals surface area contributed by atoms with Crippen molar-refractivity contribution < 1.29 is 9.18 Å². The number of nitrogens with zero attached hydrogens (tertiary/aromatic N) is 1. The second kappa shape index (κ2) is 7.59. The average molecular weight is 300 g/mol. The van der Waals surface area contributed by atoms with Crippen molar-refractivity contribution in [3.63, 3.8) is 0 Å². The molecule has 0 fully saturated rings. The second-order valence-electron chi connectivity index (χ2n) is 5.26. The summed E-state index contributed by atoms with van der Waals surface area (Å²) < 4.78 is 13.6. The largest absolute Gasteiger partial charge is 0.375 e. The number of carbonyl (C=O) groups excluding carboxylic acids is 1. The summed E-state index contributed by atoms with van der Waals surface area (Å²) in [5.41, 5.74) is 1.80. The summed E-state index contributed by atoms with van der Waals surface area (Å²) in [7, 11) is 2.04. The van der Waals surface area contributed by atoms with Crippen LogP contribution in [0.5, 0.6) is 0 Å². The fourth-order valence-electron chi connectivity index (χ4n) is 2.17. The molecule has 116 valence electrons. The van der Waals surface area contributed by atoms with E-state index in [0.29, 0.717) is 5.69 Å². The number of benzene rings is 2. The minimum Gasteiger partial charge on any atom is -0.375 e. The van der Waals surface area contributed by atoms with Crippen LogP contribution in [0.25, 0.3) is 0 Å². The molecule has 0 aromatic heterocycles. The molecule has 2 aromatic rings. The number of hydrogen-bond acceptors (Lipinski definition) is 2. The van der Waals surface area contributed by atoms with Crippen molar-refractivity contribution in [3.8, 4) is 0 Å². The molecule has 0 heterocycles. The summed E-state index contributed by atoms with van der Waals surface area (Å²) in [5, 5.41) is 2.71. The zero-order valence-corrected chi connectivity index (χ0v) is 13.0. The highest BCUT2D eigenvalue weighted by Crippen LogP contribution is 2.18. The Bertz CT molecular complexity index is 625. The maximum absolute atomic E-state index is 13.6. The summed E-state index contributed by atoms with van der Waals surface area (Å²) in [6.45, 7) is 3.16. The maximum atomic E-state index is 13.6. The molecule has 1 amide bonds. The molecule has 2 aromatic carbocycles. The van der Waals surface area contributed by atoms with Gasteiger partial charge < -0.3 is 10.2 Å². The van der Waals surface area contributed by atoms with Gasteiger partial charge in [0.25, 0.3) is 5.91 Å². The minimum atomic E-state index is -0.518. The summed E-state index contributed by atoms with van der Waals surface area (Å²) in [6, 6.07) is 13.5. The lowest BCUT2D eigenvalue weighted by Gasteiger charge is -2.19. The van der Waals surface area contributed by atoms with Gasteiger partial charge in [-0.25, -0.2) is 4.39 Å². The van der Waals surface area contributed by atoms with E-state index in [1.807, 2.05) is 31.3 Å². The third-order valence-corrected chi connectivity index (χ3v) is 3.53. The molecule has 0 spiro atoms. The van der Waals surface area contributed by atoms with E-state index in [0.717, 1.165) is 25.1 Å². The van der Waals surface area contributed by atoms with Gasteiger partial charge in [0.1, 0.15) is 5.82 Å². The molecular formula is C18H21FN2O. The number of nitrogens with one attached hydrogen (secondary N) is 1. The normalized spacial score (nSPS) is 10.3. The van der Waals surface area contributed by atoms with Crippen LogP contribution >= 0.6 is 0 Å². The Hall–Kier alpha value is -2.36. The van der Waals surface area contributed by atoms with E-state index in [1.165, 1.54) is 12.1 Å². The van der Waals surface area contributed by atoms with E-state index < -0.39 is 11.7 Å². The molecule has 0 saturated carbocycles. The number of anilines is 2. The van der Waals surface area contributed by atoms with Gasteiger partial charge in [-0.3, -0.25) is 4.79 Å². The van der Waals surface area contributed by atoms with Crippen LogP contribution in [0.15, 0.2) is 48.5 Å². The van der Waals surface area contributed by atoms with Crippen molar-refractivity contribution >= 4 is 17.3 Å². The standard InChI is InChI=1S/C18H21FN2O/c1-3-4-13-21(2)15-11-9-14(10-12-15)20-18(22)16-7-5-6-8-17(16)19/h5-12H,3-4,13H2,1-2H3,(H,20,22). The molecule has 3 nitrogen and oxygen atoms in total. The highest BCUT2D eigenvalue weighted by molar-refractivity contribution is 6.04. The van der Waals surface area contributed by atoms with E-state index in [-0.39, 0.29) is 5.56 Å². The second-order valence-corrected chi connectivity index (χ2v) is 5.26. The maximum Gasteiger partial charge on any atom is 0.258 e. The third kappa shape index (κ3) is 4.07. The first-order valence-electron chi connectivity index (χ1n) is 7.49. The van der Waals surface area contributed by atoms with Crippen molar-refractivity contribution in [2.45, 2.75) is 19.8 Å².